The Morgan fingerprint density at radius 2 is 1.60 bits per heavy atom. The van der Waals surface area contributed by atoms with E-state index in [2.05, 4.69) is 10.1 Å². The number of carbonyl (C=O) groups excluding carboxylic acids is 2. The third kappa shape index (κ3) is 2.72. The van der Waals surface area contributed by atoms with Crippen molar-refractivity contribution in [3.05, 3.63) is 74.9 Å². The summed E-state index contributed by atoms with van der Waals surface area (Å²) in [6.07, 6.45) is 1.40. The highest BCUT2D eigenvalue weighted by molar-refractivity contribution is 6.42. The van der Waals surface area contributed by atoms with Crippen molar-refractivity contribution in [1.29, 1.82) is 0 Å². The summed E-state index contributed by atoms with van der Waals surface area (Å²) >= 11 is 18.2. The van der Waals surface area contributed by atoms with Gasteiger partial charge in [-0.2, -0.15) is 5.10 Å². The van der Waals surface area contributed by atoms with Crippen LogP contribution in [0.25, 0.3) is 22.3 Å². The number of nitrogens with zero attached hydrogens (tertiary/aromatic N) is 4. The molecule has 0 spiro atoms. The van der Waals surface area contributed by atoms with Crippen molar-refractivity contribution in [3.8, 4) is 11.3 Å². The van der Waals surface area contributed by atoms with Gasteiger partial charge in [-0.25, -0.2) is 14.6 Å². The third-order valence-electron chi connectivity index (χ3n) is 4.97. The highest BCUT2D eigenvalue weighted by Gasteiger charge is 2.41. The average molecular weight is 458 g/mol. The number of hydrogen-bond donors (Lipinski definition) is 0. The van der Waals surface area contributed by atoms with E-state index in [0.29, 0.717) is 26.8 Å². The number of carbonyl (C=O) groups is 2. The van der Waals surface area contributed by atoms with Crippen LogP contribution in [-0.2, 0) is 7.05 Å². The van der Waals surface area contributed by atoms with Crippen LogP contribution in [-0.4, -0.2) is 26.6 Å². The molecule has 2 aromatic carbocycles. The molecule has 3 heterocycles. The minimum absolute atomic E-state index is 0.196. The Balaban J connectivity index is 1.76. The first-order valence-corrected chi connectivity index (χ1v) is 9.95. The van der Waals surface area contributed by atoms with Gasteiger partial charge in [0.25, 0.3) is 11.8 Å². The number of anilines is 1. The monoisotopic (exact) mass is 456 g/mol. The summed E-state index contributed by atoms with van der Waals surface area (Å²) in [4.78, 5) is 32.0. The van der Waals surface area contributed by atoms with E-state index in [1.165, 1.54) is 12.3 Å². The van der Waals surface area contributed by atoms with Crippen LogP contribution in [0.1, 0.15) is 20.7 Å². The van der Waals surface area contributed by atoms with Gasteiger partial charge in [0.15, 0.2) is 5.65 Å². The maximum Gasteiger partial charge on any atom is 0.267 e. The lowest BCUT2D eigenvalue weighted by Crippen LogP contribution is -2.29. The van der Waals surface area contributed by atoms with Gasteiger partial charge in [-0.1, -0.05) is 46.9 Å². The molecule has 2 amide bonds. The molecule has 0 N–H and O–H groups in total. The Kier molecular flexibility index (Phi) is 4.32. The van der Waals surface area contributed by atoms with Crippen LogP contribution in [0.3, 0.4) is 0 Å². The molecule has 5 rings (SSSR count). The minimum Gasteiger partial charge on any atom is -0.268 e. The molecule has 4 aromatic rings. The molecular weight excluding hydrogens is 447 g/mol. The molecule has 6 nitrogen and oxygen atoms in total. The first-order chi connectivity index (χ1) is 14.4. The smallest absolute Gasteiger partial charge is 0.267 e. The summed E-state index contributed by atoms with van der Waals surface area (Å²) in [5.74, 6) is -0.991. The predicted octanol–water partition coefficient (Wildman–Crippen LogP) is 5.40. The minimum atomic E-state index is -0.500. The second-order valence-electron chi connectivity index (χ2n) is 6.77. The van der Waals surface area contributed by atoms with Crippen LogP contribution in [0, 0.1) is 0 Å². The summed E-state index contributed by atoms with van der Waals surface area (Å²) in [5.41, 5.74) is 2.49. The number of pyridine rings is 1. The van der Waals surface area contributed by atoms with Gasteiger partial charge in [-0.15, -0.1) is 0 Å². The van der Waals surface area contributed by atoms with Crippen molar-refractivity contribution < 1.29 is 9.59 Å². The fraction of sp³-hybridized carbons (Fsp3) is 0.0476. The predicted molar refractivity (Wildman–Crippen MR) is 117 cm³/mol. The van der Waals surface area contributed by atoms with E-state index in [1.807, 2.05) is 0 Å². The van der Waals surface area contributed by atoms with Gasteiger partial charge >= 0.3 is 0 Å². The van der Waals surface area contributed by atoms with E-state index >= 15 is 0 Å². The molecule has 0 bridgehead atoms. The number of imide groups is 1. The lowest BCUT2D eigenvalue weighted by atomic mass is 10.0. The second kappa shape index (κ2) is 6.80. The largest absolute Gasteiger partial charge is 0.268 e. The zero-order chi connectivity index (χ0) is 21.2. The molecule has 0 atom stereocenters. The molecule has 0 saturated heterocycles. The van der Waals surface area contributed by atoms with Gasteiger partial charge in [0.2, 0.25) is 0 Å². The summed E-state index contributed by atoms with van der Waals surface area (Å²) in [7, 11) is 1.73. The number of rotatable bonds is 2. The topological polar surface area (TPSA) is 68.1 Å². The molecule has 0 unspecified atom stereocenters. The Morgan fingerprint density at radius 3 is 2.30 bits per heavy atom. The fourth-order valence-electron chi connectivity index (χ4n) is 3.62. The van der Waals surface area contributed by atoms with E-state index in [1.54, 1.807) is 48.1 Å². The standard InChI is InChI=1S/C21H11Cl3N4O2/c1-27-19-17(18(26-27)10-2-4-11(22)5-3-10)16-13(9-25-19)20(29)28(21(16)30)15-7-6-12(23)8-14(15)24/h2-9H,1H3. The molecular formula is C21H11Cl3N4O2. The lowest BCUT2D eigenvalue weighted by molar-refractivity contribution is 0.0926. The molecule has 1 aliphatic rings. The van der Waals surface area contributed by atoms with Crippen molar-refractivity contribution >= 4 is 63.3 Å². The number of hydrogen-bond acceptors (Lipinski definition) is 4. The Hall–Kier alpha value is -2.93. The number of amides is 2. The number of aromatic nitrogens is 3. The molecule has 0 saturated carbocycles. The van der Waals surface area contributed by atoms with Gasteiger partial charge in [-0.3, -0.25) is 9.59 Å². The van der Waals surface area contributed by atoms with E-state index in [9.17, 15) is 9.59 Å². The quantitative estimate of drug-likeness (QED) is 0.378. The van der Waals surface area contributed by atoms with Crippen molar-refractivity contribution in [1.82, 2.24) is 14.8 Å². The number of fused-ring (bicyclic) bond motifs is 3. The van der Waals surface area contributed by atoms with Crippen molar-refractivity contribution in [2.45, 2.75) is 0 Å². The van der Waals surface area contributed by atoms with Crippen LogP contribution < -0.4 is 4.90 Å². The molecule has 2 aromatic heterocycles. The van der Waals surface area contributed by atoms with Crippen molar-refractivity contribution in [3.63, 3.8) is 0 Å². The van der Waals surface area contributed by atoms with Gasteiger partial charge in [0.1, 0.15) is 5.69 Å². The Bertz CT molecular complexity index is 1380. The molecule has 1 aliphatic heterocycles. The number of benzene rings is 2. The zero-order valence-corrected chi connectivity index (χ0v) is 17.6. The average Bonchev–Trinajstić information content (AvgIpc) is 3.18. The molecule has 9 heteroatoms. The maximum absolute atomic E-state index is 13.4. The maximum atomic E-state index is 13.4. The van der Waals surface area contributed by atoms with Crippen molar-refractivity contribution in [2.24, 2.45) is 7.05 Å². The molecule has 148 valence electrons. The van der Waals surface area contributed by atoms with Crippen LogP contribution in [0.15, 0.2) is 48.7 Å². The molecule has 0 fully saturated rings. The first-order valence-electron chi connectivity index (χ1n) is 8.82. The number of halogens is 3. The third-order valence-corrected chi connectivity index (χ3v) is 5.76. The van der Waals surface area contributed by atoms with E-state index in [0.717, 1.165) is 10.5 Å². The lowest BCUT2D eigenvalue weighted by Gasteiger charge is -2.15. The zero-order valence-electron chi connectivity index (χ0n) is 15.4. The highest BCUT2D eigenvalue weighted by Crippen LogP contribution is 2.39. The molecule has 0 radical (unpaired) electrons. The van der Waals surface area contributed by atoms with Gasteiger partial charge in [0, 0.05) is 28.9 Å². The summed E-state index contributed by atoms with van der Waals surface area (Å²) in [6.45, 7) is 0. The van der Waals surface area contributed by atoms with Gasteiger partial charge < -0.3 is 0 Å². The normalized spacial score (nSPS) is 13.4. The molecule has 0 aliphatic carbocycles. The van der Waals surface area contributed by atoms with Crippen LogP contribution in [0.5, 0.6) is 0 Å². The van der Waals surface area contributed by atoms with E-state index < -0.39 is 11.8 Å². The van der Waals surface area contributed by atoms with Crippen LogP contribution >= 0.6 is 34.8 Å². The number of aryl methyl sites for hydroxylation is 1. The summed E-state index contributed by atoms with van der Waals surface area (Å²) in [5, 5.41) is 6.23. The highest BCUT2D eigenvalue weighted by atomic mass is 35.5. The first kappa shape index (κ1) is 19.1. The fourth-order valence-corrected chi connectivity index (χ4v) is 4.24. The Morgan fingerprint density at radius 1 is 0.900 bits per heavy atom. The van der Waals surface area contributed by atoms with Crippen LogP contribution in [0.4, 0.5) is 5.69 Å². The van der Waals surface area contributed by atoms with Gasteiger partial charge in [-0.05, 0) is 30.3 Å². The van der Waals surface area contributed by atoms with E-state index in [-0.39, 0.29) is 21.8 Å². The Labute approximate surface area is 185 Å². The second-order valence-corrected chi connectivity index (χ2v) is 8.05. The summed E-state index contributed by atoms with van der Waals surface area (Å²) < 4.78 is 1.58. The van der Waals surface area contributed by atoms with Gasteiger partial charge in [0.05, 0.1) is 27.2 Å². The van der Waals surface area contributed by atoms with Crippen LogP contribution in [0.2, 0.25) is 15.1 Å². The SMILES string of the molecule is Cn1nc(-c2ccc(Cl)cc2)c2c3c(cnc21)C(=O)N(c1ccc(Cl)cc1Cl)C3=O. The van der Waals surface area contributed by atoms with Crippen molar-refractivity contribution in [2.75, 3.05) is 4.90 Å². The summed E-state index contributed by atoms with van der Waals surface area (Å²) in [6, 6.07) is 11.7. The van der Waals surface area contributed by atoms with E-state index in [4.69, 9.17) is 34.8 Å². The molecule has 30 heavy (non-hydrogen) atoms.